The Balaban J connectivity index is 1.98. The van der Waals surface area contributed by atoms with Crippen LogP contribution in [0.3, 0.4) is 0 Å². The molecular formula is C17H25NO2. The van der Waals surface area contributed by atoms with E-state index < -0.39 is 0 Å². The van der Waals surface area contributed by atoms with Crippen LogP contribution >= 0.6 is 0 Å². The molecule has 0 radical (unpaired) electrons. The molecule has 0 aromatic heterocycles. The van der Waals surface area contributed by atoms with Crippen molar-refractivity contribution in [3.05, 3.63) is 35.4 Å². The van der Waals surface area contributed by atoms with Crippen LogP contribution in [0, 0.1) is 0 Å². The molecule has 20 heavy (non-hydrogen) atoms. The van der Waals surface area contributed by atoms with Crippen molar-refractivity contribution in [2.24, 2.45) is 0 Å². The van der Waals surface area contributed by atoms with Crippen LogP contribution in [-0.2, 0) is 11.3 Å². The quantitative estimate of drug-likeness (QED) is 0.769. The lowest BCUT2D eigenvalue weighted by Gasteiger charge is -2.33. The maximum atomic E-state index is 11.4. The van der Waals surface area contributed by atoms with Crippen LogP contribution < -0.4 is 0 Å². The van der Waals surface area contributed by atoms with Gasteiger partial charge in [0.05, 0.1) is 12.7 Å². The standard InChI is InChI=1S/C17H25NO2/c1-3-18(16-7-5-4-6-8-16)13-14-9-11-15(12-10-14)17(19)20-2/h9-12,16H,3-8,13H2,1-2H3. The number of benzene rings is 1. The number of carbonyl (C=O) groups is 1. The fourth-order valence-electron chi connectivity index (χ4n) is 3.04. The van der Waals surface area contributed by atoms with Gasteiger partial charge in [0.25, 0.3) is 0 Å². The van der Waals surface area contributed by atoms with E-state index in [9.17, 15) is 4.79 Å². The monoisotopic (exact) mass is 275 g/mol. The minimum absolute atomic E-state index is 0.267. The minimum atomic E-state index is -0.267. The van der Waals surface area contributed by atoms with Crippen LogP contribution in [0.5, 0.6) is 0 Å². The number of nitrogens with zero attached hydrogens (tertiary/aromatic N) is 1. The molecule has 1 fully saturated rings. The Morgan fingerprint density at radius 3 is 2.40 bits per heavy atom. The first kappa shape index (κ1) is 15.0. The second-order valence-electron chi connectivity index (χ2n) is 5.54. The molecule has 1 aromatic rings. The highest BCUT2D eigenvalue weighted by molar-refractivity contribution is 5.89. The molecule has 2 rings (SSSR count). The molecule has 0 heterocycles. The third kappa shape index (κ3) is 3.83. The average molecular weight is 275 g/mol. The van der Waals surface area contributed by atoms with Gasteiger partial charge in [0, 0.05) is 12.6 Å². The summed E-state index contributed by atoms with van der Waals surface area (Å²) in [6, 6.07) is 8.52. The Kier molecular flexibility index (Phi) is 5.60. The largest absolute Gasteiger partial charge is 0.465 e. The topological polar surface area (TPSA) is 29.5 Å². The van der Waals surface area contributed by atoms with Gasteiger partial charge in [-0.1, -0.05) is 38.3 Å². The molecular weight excluding hydrogens is 250 g/mol. The van der Waals surface area contributed by atoms with E-state index in [1.165, 1.54) is 44.8 Å². The first-order valence-corrected chi connectivity index (χ1v) is 7.66. The Labute approximate surface area is 121 Å². The van der Waals surface area contributed by atoms with Gasteiger partial charge in [-0.25, -0.2) is 4.79 Å². The van der Waals surface area contributed by atoms with Gasteiger partial charge in [-0.2, -0.15) is 0 Å². The van der Waals surface area contributed by atoms with E-state index in [1.807, 2.05) is 24.3 Å². The maximum absolute atomic E-state index is 11.4. The second-order valence-corrected chi connectivity index (χ2v) is 5.54. The molecule has 3 heteroatoms. The van der Waals surface area contributed by atoms with Crippen molar-refractivity contribution >= 4 is 5.97 Å². The van der Waals surface area contributed by atoms with Crippen molar-refractivity contribution in [2.45, 2.75) is 51.6 Å². The number of hydrogen-bond donors (Lipinski definition) is 0. The molecule has 0 spiro atoms. The van der Waals surface area contributed by atoms with Crippen LogP contribution in [0.15, 0.2) is 24.3 Å². The highest BCUT2D eigenvalue weighted by Gasteiger charge is 2.19. The zero-order valence-electron chi connectivity index (χ0n) is 12.6. The zero-order chi connectivity index (χ0) is 14.4. The molecule has 1 saturated carbocycles. The number of rotatable bonds is 5. The normalized spacial score (nSPS) is 16.4. The van der Waals surface area contributed by atoms with Gasteiger partial charge in [-0.3, -0.25) is 4.90 Å². The molecule has 0 bridgehead atoms. The van der Waals surface area contributed by atoms with E-state index in [-0.39, 0.29) is 5.97 Å². The van der Waals surface area contributed by atoms with Gasteiger partial charge in [0.15, 0.2) is 0 Å². The predicted molar refractivity (Wildman–Crippen MR) is 80.7 cm³/mol. The summed E-state index contributed by atoms with van der Waals surface area (Å²) in [5.41, 5.74) is 1.89. The fourth-order valence-corrected chi connectivity index (χ4v) is 3.04. The summed E-state index contributed by atoms with van der Waals surface area (Å²) in [5.74, 6) is -0.267. The Morgan fingerprint density at radius 2 is 1.85 bits per heavy atom. The lowest BCUT2D eigenvalue weighted by atomic mass is 9.94. The predicted octanol–water partition coefficient (Wildman–Crippen LogP) is 3.63. The van der Waals surface area contributed by atoms with E-state index in [0.717, 1.165) is 19.1 Å². The van der Waals surface area contributed by atoms with Gasteiger partial charge in [-0.15, -0.1) is 0 Å². The van der Waals surface area contributed by atoms with Crippen molar-refractivity contribution in [2.75, 3.05) is 13.7 Å². The van der Waals surface area contributed by atoms with Gasteiger partial charge >= 0.3 is 5.97 Å². The van der Waals surface area contributed by atoms with Gasteiger partial charge < -0.3 is 4.74 Å². The molecule has 1 aliphatic rings. The van der Waals surface area contributed by atoms with Crippen molar-refractivity contribution < 1.29 is 9.53 Å². The number of hydrogen-bond acceptors (Lipinski definition) is 3. The summed E-state index contributed by atoms with van der Waals surface area (Å²) in [5, 5.41) is 0. The summed E-state index contributed by atoms with van der Waals surface area (Å²) >= 11 is 0. The molecule has 0 saturated heterocycles. The second kappa shape index (κ2) is 7.44. The lowest BCUT2D eigenvalue weighted by molar-refractivity contribution is 0.0600. The van der Waals surface area contributed by atoms with E-state index in [2.05, 4.69) is 11.8 Å². The van der Waals surface area contributed by atoms with Crippen molar-refractivity contribution in [3.8, 4) is 0 Å². The number of methoxy groups -OCH3 is 1. The lowest BCUT2D eigenvalue weighted by Crippen LogP contribution is -2.36. The Hall–Kier alpha value is -1.35. The maximum Gasteiger partial charge on any atom is 0.337 e. The van der Waals surface area contributed by atoms with Crippen LogP contribution in [0.25, 0.3) is 0 Å². The third-order valence-corrected chi connectivity index (χ3v) is 4.26. The highest BCUT2D eigenvalue weighted by Crippen LogP contribution is 2.23. The van der Waals surface area contributed by atoms with Crippen LogP contribution in [0.1, 0.15) is 54.9 Å². The zero-order valence-corrected chi connectivity index (χ0v) is 12.6. The van der Waals surface area contributed by atoms with Gasteiger partial charge in [0.2, 0.25) is 0 Å². The van der Waals surface area contributed by atoms with Crippen LogP contribution in [-0.4, -0.2) is 30.6 Å². The first-order valence-electron chi connectivity index (χ1n) is 7.66. The highest BCUT2D eigenvalue weighted by atomic mass is 16.5. The smallest absolute Gasteiger partial charge is 0.337 e. The van der Waals surface area contributed by atoms with Crippen molar-refractivity contribution in [1.29, 1.82) is 0 Å². The molecule has 0 N–H and O–H groups in total. The Bertz CT molecular complexity index is 421. The molecule has 110 valence electrons. The SMILES string of the molecule is CCN(Cc1ccc(C(=O)OC)cc1)C1CCCCC1. The molecule has 0 aliphatic heterocycles. The molecule has 0 amide bonds. The summed E-state index contributed by atoms with van der Waals surface area (Å²) in [6.45, 7) is 4.30. The first-order chi connectivity index (χ1) is 9.74. The fraction of sp³-hybridized carbons (Fsp3) is 0.588. The number of esters is 1. The Morgan fingerprint density at radius 1 is 1.20 bits per heavy atom. The minimum Gasteiger partial charge on any atom is -0.465 e. The molecule has 1 aliphatic carbocycles. The van der Waals surface area contributed by atoms with Crippen LogP contribution in [0.2, 0.25) is 0 Å². The van der Waals surface area contributed by atoms with E-state index >= 15 is 0 Å². The summed E-state index contributed by atoms with van der Waals surface area (Å²) in [6.07, 6.45) is 6.77. The van der Waals surface area contributed by atoms with E-state index in [4.69, 9.17) is 4.74 Å². The molecule has 0 unspecified atom stereocenters. The number of ether oxygens (including phenoxy) is 1. The van der Waals surface area contributed by atoms with Gasteiger partial charge in [0.1, 0.15) is 0 Å². The average Bonchev–Trinajstić information content (AvgIpc) is 2.53. The third-order valence-electron chi connectivity index (χ3n) is 4.26. The number of carbonyl (C=O) groups excluding carboxylic acids is 1. The summed E-state index contributed by atoms with van der Waals surface area (Å²) < 4.78 is 4.72. The molecule has 3 nitrogen and oxygen atoms in total. The molecule has 0 atom stereocenters. The van der Waals surface area contributed by atoms with Crippen molar-refractivity contribution in [3.63, 3.8) is 0 Å². The summed E-state index contributed by atoms with van der Waals surface area (Å²) in [4.78, 5) is 14.0. The van der Waals surface area contributed by atoms with Gasteiger partial charge in [-0.05, 0) is 37.1 Å². The molecule has 1 aromatic carbocycles. The van der Waals surface area contributed by atoms with Crippen LogP contribution in [0.4, 0.5) is 0 Å². The van der Waals surface area contributed by atoms with E-state index in [1.54, 1.807) is 0 Å². The van der Waals surface area contributed by atoms with Crippen molar-refractivity contribution in [1.82, 2.24) is 4.90 Å². The summed E-state index contributed by atoms with van der Waals surface area (Å²) in [7, 11) is 1.41. The van der Waals surface area contributed by atoms with E-state index in [0.29, 0.717) is 5.56 Å².